The Balaban J connectivity index is 1.30. The molecule has 1 aliphatic heterocycles. The molecule has 0 saturated carbocycles. The average Bonchev–Trinajstić information content (AvgIpc) is 3.89. The Bertz CT molecular complexity index is 2050. The van der Waals surface area contributed by atoms with E-state index in [1.165, 1.54) is 11.3 Å². The molecular formula is C35H41N11OS. The molecule has 8 rings (SSSR count). The summed E-state index contributed by atoms with van der Waals surface area (Å²) in [4.78, 5) is 20.6. The number of anilines is 3. The highest BCUT2D eigenvalue weighted by atomic mass is 32.1. The Morgan fingerprint density at radius 3 is 2.79 bits per heavy atom. The van der Waals surface area contributed by atoms with Crippen molar-refractivity contribution in [1.29, 1.82) is 5.26 Å². The molecule has 3 atom stereocenters. The van der Waals surface area contributed by atoms with Crippen LogP contribution in [0.25, 0.3) is 22.6 Å². The van der Waals surface area contributed by atoms with Crippen molar-refractivity contribution in [2.75, 3.05) is 36.5 Å². The summed E-state index contributed by atoms with van der Waals surface area (Å²) in [5.41, 5.74) is 17.3. The zero-order chi connectivity index (χ0) is 33.2. The van der Waals surface area contributed by atoms with Gasteiger partial charge in [0.25, 0.3) is 0 Å². The van der Waals surface area contributed by atoms with Gasteiger partial charge in [0.2, 0.25) is 0 Å². The Morgan fingerprint density at radius 1 is 1.21 bits per heavy atom. The van der Waals surface area contributed by atoms with Gasteiger partial charge in [0.05, 0.1) is 28.6 Å². The molecule has 0 bridgehead atoms. The number of nitriles is 1. The number of nitrogens with two attached hydrogens (primary N) is 2. The Hall–Kier alpha value is -4.54. The van der Waals surface area contributed by atoms with E-state index in [-0.39, 0.29) is 6.04 Å². The minimum atomic E-state index is -0.421. The monoisotopic (exact) mass is 663 g/mol. The number of likely N-dealkylation sites (N-methyl/N-ethyl adjacent to an activating group) is 1. The van der Waals surface area contributed by atoms with Crippen molar-refractivity contribution < 1.29 is 4.52 Å². The predicted octanol–water partition coefficient (Wildman–Crippen LogP) is 5.61. The Labute approximate surface area is 283 Å². The van der Waals surface area contributed by atoms with Crippen LogP contribution in [0.15, 0.2) is 29.0 Å². The molecule has 248 valence electrons. The van der Waals surface area contributed by atoms with Gasteiger partial charge in [0.1, 0.15) is 22.7 Å². The molecule has 0 amide bonds. The van der Waals surface area contributed by atoms with Gasteiger partial charge in [0.15, 0.2) is 22.9 Å². The maximum Gasteiger partial charge on any atom is 0.186 e. The van der Waals surface area contributed by atoms with Crippen molar-refractivity contribution in [1.82, 2.24) is 34.8 Å². The van der Waals surface area contributed by atoms with Crippen molar-refractivity contribution in [3.05, 3.63) is 57.4 Å². The van der Waals surface area contributed by atoms with Crippen molar-refractivity contribution in [3.63, 3.8) is 0 Å². The first-order chi connectivity index (χ1) is 23.3. The number of likely N-dealkylation sites (tertiary alicyclic amines) is 1. The summed E-state index contributed by atoms with van der Waals surface area (Å²) in [6.45, 7) is 6.64. The van der Waals surface area contributed by atoms with Crippen molar-refractivity contribution in [3.8, 4) is 17.6 Å². The van der Waals surface area contributed by atoms with Gasteiger partial charge in [-0.15, -0.1) is 11.3 Å². The molecule has 4 N–H and O–H groups in total. The number of nitrogen functional groups attached to an aromatic ring is 2. The van der Waals surface area contributed by atoms with Gasteiger partial charge in [-0.3, -0.25) is 0 Å². The van der Waals surface area contributed by atoms with Crippen LogP contribution in [0.5, 0.6) is 0 Å². The number of aryl methyl sites for hydroxylation is 1. The molecule has 1 spiro atoms. The largest absolute Gasteiger partial charge is 0.389 e. The second-order valence-electron chi connectivity index (χ2n) is 13.6. The highest BCUT2D eigenvalue weighted by Crippen LogP contribution is 2.55. The SMILES string of the molecule is CCN(Cc1cccnc1N)c1nc(-c2noc3c2CCCC32CCCc3sc(N)c(C#N)c32)nc2c1cnn2C(C)C1CCCN1C. The zero-order valence-corrected chi connectivity index (χ0v) is 28.6. The lowest BCUT2D eigenvalue weighted by Crippen LogP contribution is -2.35. The van der Waals surface area contributed by atoms with Gasteiger partial charge in [-0.25, -0.2) is 19.6 Å². The lowest BCUT2D eigenvalue weighted by atomic mass is 9.63. The number of nitrogens with zero attached hydrogens (tertiary/aromatic N) is 9. The molecule has 13 heteroatoms. The zero-order valence-electron chi connectivity index (χ0n) is 27.7. The van der Waals surface area contributed by atoms with E-state index in [9.17, 15) is 5.26 Å². The van der Waals surface area contributed by atoms with Crippen LogP contribution in [0.4, 0.5) is 16.6 Å². The van der Waals surface area contributed by atoms with E-state index in [2.05, 4.69) is 46.4 Å². The van der Waals surface area contributed by atoms with E-state index < -0.39 is 5.41 Å². The molecular weight excluding hydrogens is 623 g/mol. The van der Waals surface area contributed by atoms with Crippen molar-refractivity contribution >= 4 is 39.0 Å². The Kier molecular flexibility index (Phi) is 7.60. The number of thiophene rings is 1. The second-order valence-corrected chi connectivity index (χ2v) is 14.7. The molecule has 12 nitrogen and oxygen atoms in total. The van der Waals surface area contributed by atoms with Crippen LogP contribution in [0.1, 0.15) is 91.3 Å². The number of hydrogen-bond donors (Lipinski definition) is 2. The van der Waals surface area contributed by atoms with Gasteiger partial charge in [-0.2, -0.15) is 10.4 Å². The van der Waals surface area contributed by atoms with Gasteiger partial charge >= 0.3 is 0 Å². The summed E-state index contributed by atoms with van der Waals surface area (Å²) in [6.07, 6.45) is 11.4. The van der Waals surface area contributed by atoms with Crippen molar-refractivity contribution in [2.24, 2.45) is 0 Å². The summed E-state index contributed by atoms with van der Waals surface area (Å²) < 4.78 is 8.43. The fraction of sp³-hybridized carbons (Fsp3) is 0.486. The van der Waals surface area contributed by atoms with Crippen molar-refractivity contribution in [2.45, 2.75) is 89.3 Å². The molecule has 5 aromatic heterocycles. The summed E-state index contributed by atoms with van der Waals surface area (Å²) in [7, 11) is 2.19. The van der Waals surface area contributed by atoms with E-state index >= 15 is 0 Å². The normalized spacial score (nSPS) is 21.3. The summed E-state index contributed by atoms with van der Waals surface area (Å²) in [5, 5.41) is 21.3. The molecule has 0 aromatic carbocycles. The third-order valence-corrected chi connectivity index (χ3v) is 12.1. The van der Waals surface area contributed by atoms with Gasteiger partial charge in [-0.1, -0.05) is 11.2 Å². The van der Waals surface area contributed by atoms with Crippen LogP contribution in [-0.4, -0.2) is 61.0 Å². The second kappa shape index (κ2) is 11.9. The van der Waals surface area contributed by atoms with Crippen LogP contribution in [0, 0.1) is 11.3 Å². The molecule has 5 aromatic rings. The quantitative estimate of drug-likeness (QED) is 0.222. The predicted molar refractivity (Wildman–Crippen MR) is 187 cm³/mol. The van der Waals surface area contributed by atoms with Crippen LogP contribution in [0.2, 0.25) is 0 Å². The van der Waals surface area contributed by atoms with Gasteiger partial charge in [0, 0.05) is 41.3 Å². The van der Waals surface area contributed by atoms with E-state index in [1.807, 2.05) is 18.3 Å². The molecule has 1 fully saturated rings. The summed E-state index contributed by atoms with van der Waals surface area (Å²) in [6, 6.07) is 6.80. The lowest BCUT2D eigenvalue weighted by molar-refractivity contribution is 0.232. The Morgan fingerprint density at radius 2 is 2.04 bits per heavy atom. The van der Waals surface area contributed by atoms with E-state index in [1.54, 1.807) is 17.5 Å². The highest BCUT2D eigenvalue weighted by Gasteiger charge is 2.49. The molecule has 6 heterocycles. The van der Waals surface area contributed by atoms with Gasteiger partial charge in [-0.05, 0) is 90.4 Å². The van der Waals surface area contributed by atoms with Crippen LogP contribution in [-0.2, 0) is 24.8 Å². The van der Waals surface area contributed by atoms with Gasteiger partial charge < -0.3 is 25.8 Å². The standard InChI is InChI=1S/C35H41N11OS/c1-4-45(19-21-9-7-15-39-30(21)37)33-24-18-40-46(20(2)25-11-8-16-44(25)3)34(24)42-32(41-33)28-22-10-5-13-35(29(22)47-43-28)14-6-12-26-27(35)23(17-36)31(38)48-26/h7,9,15,18,20,25H,4-6,8,10-14,16,19,38H2,1-3H3,(H2,37,39). The number of hydrogen-bond acceptors (Lipinski definition) is 12. The number of aromatic nitrogens is 6. The number of pyridine rings is 1. The minimum Gasteiger partial charge on any atom is -0.389 e. The molecule has 0 radical (unpaired) electrons. The molecule has 3 aliphatic rings. The third-order valence-electron chi connectivity index (χ3n) is 11.0. The fourth-order valence-corrected chi connectivity index (χ4v) is 9.77. The fourth-order valence-electron chi connectivity index (χ4n) is 8.61. The van der Waals surface area contributed by atoms with Crippen LogP contribution < -0.4 is 16.4 Å². The molecule has 2 aliphatic carbocycles. The van der Waals surface area contributed by atoms with E-state index in [0.717, 1.165) is 90.8 Å². The smallest absolute Gasteiger partial charge is 0.186 e. The summed E-state index contributed by atoms with van der Waals surface area (Å²) in [5.74, 6) is 2.64. The summed E-state index contributed by atoms with van der Waals surface area (Å²) >= 11 is 1.55. The van der Waals surface area contributed by atoms with Crippen LogP contribution >= 0.6 is 11.3 Å². The van der Waals surface area contributed by atoms with E-state index in [4.69, 9.17) is 36.2 Å². The number of fused-ring (bicyclic) bond motifs is 5. The topological polar surface area (TPSA) is 165 Å². The maximum atomic E-state index is 10.2. The molecule has 1 saturated heterocycles. The number of rotatable bonds is 7. The lowest BCUT2D eigenvalue weighted by Gasteiger charge is -2.39. The minimum absolute atomic E-state index is 0.109. The first-order valence-corrected chi connectivity index (χ1v) is 17.9. The highest BCUT2D eigenvalue weighted by molar-refractivity contribution is 7.16. The third kappa shape index (κ3) is 4.68. The maximum absolute atomic E-state index is 10.2. The molecule has 3 unspecified atom stereocenters. The van der Waals surface area contributed by atoms with E-state index in [0.29, 0.717) is 47.0 Å². The average molecular weight is 664 g/mol. The first-order valence-electron chi connectivity index (χ1n) is 17.1. The first kappa shape index (κ1) is 30.8. The van der Waals surface area contributed by atoms with Crippen LogP contribution in [0.3, 0.4) is 0 Å². The molecule has 48 heavy (non-hydrogen) atoms.